The van der Waals surface area contributed by atoms with Crippen molar-refractivity contribution in [3.63, 3.8) is 0 Å². The van der Waals surface area contributed by atoms with Crippen molar-refractivity contribution in [1.29, 1.82) is 0 Å². The Balaban J connectivity index is 1.48. The van der Waals surface area contributed by atoms with Crippen LogP contribution in [0.3, 0.4) is 0 Å². The first-order valence-corrected chi connectivity index (χ1v) is 9.99. The zero-order chi connectivity index (χ0) is 18.9. The van der Waals surface area contributed by atoms with E-state index in [0.29, 0.717) is 6.04 Å². The Morgan fingerprint density at radius 2 is 2.04 bits per heavy atom. The average molecular weight is 369 g/mol. The Morgan fingerprint density at radius 3 is 2.78 bits per heavy atom. The Labute approximate surface area is 162 Å². The first kappa shape index (κ1) is 19.4. The Kier molecular flexibility index (Phi) is 7.27. The van der Waals surface area contributed by atoms with E-state index in [1.54, 1.807) is 0 Å². The monoisotopic (exact) mass is 368 g/mol. The molecule has 146 valence electrons. The van der Waals surface area contributed by atoms with Crippen molar-refractivity contribution >= 4 is 5.96 Å². The SMILES string of the molecule is CN=C(NCCN1CCCCC1C)NCc1ccccc1Cn1cccn1. The minimum absolute atomic E-state index is 0.699. The standard InChI is InChI=1S/C21H32N6/c1-18-8-5-6-13-26(18)15-12-23-21(22-2)24-16-19-9-3-4-10-20(19)17-27-14-7-11-25-27/h3-4,7,9-11,14,18H,5-6,8,12-13,15-17H2,1-2H3,(H2,22,23,24). The molecule has 0 saturated carbocycles. The fourth-order valence-electron chi connectivity index (χ4n) is 3.66. The Morgan fingerprint density at radius 1 is 1.19 bits per heavy atom. The summed E-state index contributed by atoms with van der Waals surface area (Å²) in [5.41, 5.74) is 2.53. The molecule has 0 aliphatic carbocycles. The fourth-order valence-corrected chi connectivity index (χ4v) is 3.66. The van der Waals surface area contributed by atoms with Crippen LogP contribution in [0, 0.1) is 0 Å². The van der Waals surface area contributed by atoms with Crippen LogP contribution >= 0.6 is 0 Å². The predicted molar refractivity (Wildman–Crippen MR) is 111 cm³/mol. The van der Waals surface area contributed by atoms with Gasteiger partial charge in [-0.3, -0.25) is 14.6 Å². The topological polar surface area (TPSA) is 57.5 Å². The number of aliphatic imine (C=N–C) groups is 1. The van der Waals surface area contributed by atoms with Crippen molar-refractivity contribution in [3.8, 4) is 0 Å². The summed E-state index contributed by atoms with van der Waals surface area (Å²) in [6.45, 7) is 7.07. The first-order chi connectivity index (χ1) is 13.3. The zero-order valence-electron chi connectivity index (χ0n) is 16.6. The maximum atomic E-state index is 4.37. The summed E-state index contributed by atoms with van der Waals surface area (Å²) in [7, 11) is 1.83. The highest BCUT2D eigenvalue weighted by Gasteiger charge is 2.17. The smallest absolute Gasteiger partial charge is 0.191 e. The number of nitrogens with zero attached hydrogens (tertiary/aromatic N) is 4. The molecule has 0 radical (unpaired) electrons. The van der Waals surface area contributed by atoms with Crippen molar-refractivity contribution < 1.29 is 0 Å². The lowest BCUT2D eigenvalue weighted by Gasteiger charge is -2.33. The largest absolute Gasteiger partial charge is 0.355 e. The minimum atomic E-state index is 0.699. The molecule has 2 N–H and O–H groups in total. The van der Waals surface area contributed by atoms with Gasteiger partial charge in [-0.2, -0.15) is 5.10 Å². The summed E-state index contributed by atoms with van der Waals surface area (Å²) in [6, 6.07) is 11.1. The van der Waals surface area contributed by atoms with Gasteiger partial charge in [-0.15, -0.1) is 0 Å². The molecule has 2 heterocycles. The lowest BCUT2D eigenvalue weighted by atomic mass is 10.0. The van der Waals surface area contributed by atoms with E-state index in [4.69, 9.17) is 0 Å². The third-order valence-electron chi connectivity index (χ3n) is 5.31. The molecule has 1 aromatic heterocycles. The van der Waals surface area contributed by atoms with Gasteiger partial charge >= 0.3 is 0 Å². The van der Waals surface area contributed by atoms with Gasteiger partial charge in [0.1, 0.15) is 0 Å². The third-order valence-corrected chi connectivity index (χ3v) is 5.31. The van der Waals surface area contributed by atoms with Crippen molar-refractivity contribution in [2.45, 2.75) is 45.3 Å². The number of guanidine groups is 1. The maximum Gasteiger partial charge on any atom is 0.191 e. The number of hydrogen-bond donors (Lipinski definition) is 2. The highest BCUT2D eigenvalue weighted by atomic mass is 15.3. The number of piperidine rings is 1. The summed E-state index contributed by atoms with van der Waals surface area (Å²) in [5.74, 6) is 0.855. The van der Waals surface area contributed by atoms with Gasteiger partial charge in [0.2, 0.25) is 0 Å². The molecule has 1 fully saturated rings. The zero-order valence-corrected chi connectivity index (χ0v) is 16.6. The molecule has 6 heteroatoms. The molecule has 1 atom stereocenters. The summed E-state index contributed by atoms with van der Waals surface area (Å²) in [4.78, 5) is 6.94. The molecule has 1 saturated heterocycles. The molecule has 0 bridgehead atoms. The minimum Gasteiger partial charge on any atom is -0.355 e. The van der Waals surface area contributed by atoms with E-state index in [0.717, 1.165) is 32.1 Å². The molecule has 0 spiro atoms. The van der Waals surface area contributed by atoms with E-state index in [2.05, 4.69) is 56.8 Å². The van der Waals surface area contributed by atoms with Gasteiger partial charge < -0.3 is 10.6 Å². The summed E-state index contributed by atoms with van der Waals surface area (Å²) < 4.78 is 1.95. The van der Waals surface area contributed by atoms with Gasteiger partial charge in [-0.1, -0.05) is 30.7 Å². The van der Waals surface area contributed by atoms with Crippen LogP contribution in [0.15, 0.2) is 47.7 Å². The number of rotatable bonds is 7. The normalized spacial score (nSPS) is 18.4. The summed E-state index contributed by atoms with van der Waals surface area (Å²) in [6.07, 6.45) is 7.82. The lowest BCUT2D eigenvalue weighted by molar-refractivity contribution is 0.163. The van der Waals surface area contributed by atoms with Gasteiger partial charge in [0, 0.05) is 45.1 Å². The van der Waals surface area contributed by atoms with Crippen LogP contribution < -0.4 is 10.6 Å². The van der Waals surface area contributed by atoms with Crippen LogP contribution in [0.25, 0.3) is 0 Å². The lowest BCUT2D eigenvalue weighted by Crippen LogP contribution is -2.45. The van der Waals surface area contributed by atoms with E-state index in [1.807, 2.05) is 30.2 Å². The van der Waals surface area contributed by atoms with Crippen molar-refractivity contribution in [1.82, 2.24) is 25.3 Å². The Hall–Kier alpha value is -2.34. The van der Waals surface area contributed by atoms with Crippen molar-refractivity contribution in [2.24, 2.45) is 4.99 Å². The van der Waals surface area contributed by atoms with E-state index < -0.39 is 0 Å². The van der Waals surface area contributed by atoms with E-state index in [1.165, 1.54) is 36.9 Å². The molecular weight excluding hydrogens is 336 g/mol. The quantitative estimate of drug-likeness (QED) is 0.582. The molecule has 1 unspecified atom stereocenters. The summed E-state index contributed by atoms with van der Waals surface area (Å²) >= 11 is 0. The Bertz CT molecular complexity index is 709. The van der Waals surface area contributed by atoms with Gasteiger partial charge in [-0.25, -0.2) is 0 Å². The predicted octanol–water partition coefficient (Wildman–Crippen LogP) is 2.47. The highest BCUT2D eigenvalue weighted by Crippen LogP contribution is 2.15. The third kappa shape index (κ3) is 5.82. The average Bonchev–Trinajstić information content (AvgIpc) is 3.20. The molecule has 1 aliphatic rings. The van der Waals surface area contributed by atoms with Crippen LogP contribution in [0.5, 0.6) is 0 Å². The number of likely N-dealkylation sites (tertiary alicyclic amines) is 1. The molecule has 0 amide bonds. The van der Waals surface area contributed by atoms with Crippen molar-refractivity contribution in [3.05, 3.63) is 53.9 Å². The molecule has 3 rings (SSSR count). The van der Waals surface area contributed by atoms with E-state index in [-0.39, 0.29) is 0 Å². The number of benzene rings is 1. The molecule has 1 aliphatic heterocycles. The van der Waals surface area contributed by atoms with Gasteiger partial charge in [0.25, 0.3) is 0 Å². The van der Waals surface area contributed by atoms with Crippen LogP contribution in [0.1, 0.15) is 37.3 Å². The number of nitrogens with one attached hydrogen (secondary N) is 2. The van der Waals surface area contributed by atoms with Crippen LogP contribution in [0.4, 0.5) is 0 Å². The molecule has 2 aromatic rings. The molecule has 1 aromatic carbocycles. The van der Waals surface area contributed by atoms with Gasteiger partial charge in [-0.05, 0) is 43.5 Å². The van der Waals surface area contributed by atoms with Crippen molar-refractivity contribution in [2.75, 3.05) is 26.7 Å². The fraction of sp³-hybridized carbons (Fsp3) is 0.524. The van der Waals surface area contributed by atoms with Crippen LogP contribution in [-0.2, 0) is 13.1 Å². The first-order valence-electron chi connectivity index (χ1n) is 9.99. The highest BCUT2D eigenvalue weighted by molar-refractivity contribution is 5.79. The summed E-state index contributed by atoms with van der Waals surface area (Å²) in [5, 5.41) is 11.2. The van der Waals surface area contributed by atoms with E-state index >= 15 is 0 Å². The maximum absolute atomic E-state index is 4.37. The number of aromatic nitrogens is 2. The second-order valence-electron chi connectivity index (χ2n) is 7.21. The molecule has 27 heavy (non-hydrogen) atoms. The second-order valence-corrected chi connectivity index (χ2v) is 7.21. The molecular formula is C21H32N6. The van der Waals surface area contributed by atoms with Crippen LogP contribution in [0.2, 0.25) is 0 Å². The van der Waals surface area contributed by atoms with E-state index in [9.17, 15) is 0 Å². The molecule has 6 nitrogen and oxygen atoms in total. The van der Waals surface area contributed by atoms with Crippen LogP contribution in [-0.4, -0.2) is 53.4 Å². The number of hydrogen-bond acceptors (Lipinski definition) is 3. The second kappa shape index (κ2) is 10.1. The van der Waals surface area contributed by atoms with Gasteiger partial charge in [0.05, 0.1) is 6.54 Å². The van der Waals surface area contributed by atoms with Gasteiger partial charge in [0.15, 0.2) is 5.96 Å².